The van der Waals surface area contributed by atoms with Gasteiger partial charge in [-0.2, -0.15) is 0 Å². The van der Waals surface area contributed by atoms with E-state index < -0.39 is 0 Å². The lowest BCUT2D eigenvalue weighted by atomic mass is 9.92. The summed E-state index contributed by atoms with van der Waals surface area (Å²) in [6.45, 7) is 11.2. The number of hydrogen-bond donors (Lipinski definition) is 1. The van der Waals surface area contributed by atoms with Gasteiger partial charge in [0.15, 0.2) is 0 Å². The van der Waals surface area contributed by atoms with Crippen LogP contribution in [-0.2, 0) is 11.0 Å². The first kappa shape index (κ1) is 16.6. The second-order valence-electron chi connectivity index (χ2n) is 6.68. The Kier molecular flexibility index (Phi) is 6.00. The zero-order valence-corrected chi connectivity index (χ0v) is 14.3. The molecule has 19 heavy (non-hydrogen) atoms. The molecule has 0 aliphatic rings. The van der Waals surface area contributed by atoms with Crippen LogP contribution in [0, 0.1) is 0 Å². The molecule has 1 N–H and O–H groups in total. The van der Waals surface area contributed by atoms with E-state index >= 15 is 0 Å². The Morgan fingerprint density at radius 2 is 1.84 bits per heavy atom. The Labute approximate surface area is 123 Å². The van der Waals surface area contributed by atoms with Gasteiger partial charge >= 0.3 is 0 Å². The van der Waals surface area contributed by atoms with Gasteiger partial charge in [-0.15, -0.1) is 11.3 Å². The van der Waals surface area contributed by atoms with Gasteiger partial charge < -0.3 is 5.32 Å². The van der Waals surface area contributed by atoms with E-state index in [9.17, 15) is 0 Å². The summed E-state index contributed by atoms with van der Waals surface area (Å²) < 4.78 is 0. The van der Waals surface area contributed by atoms with Crippen LogP contribution in [0.4, 0.5) is 0 Å². The highest BCUT2D eigenvalue weighted by Gasteiger charge is 2.29. The third kappa shape index (κ3) is 4.57. The van der Waals surface area contributed by atoms with Crippen molar-refractivity contribution in [3.05, 3.63) is 16.1 Å². The summed E-state index contributed by atoms with van der Waals surface area (Å²) in [4.78, 5) is 4.88. The molecule has 1 aromatic heterocycles. The largest absolute Gasteiger partial charge is 0.309 e. The minimum Gasteiger partial charge on any atom is -0.309 e. The Morgan fingerprint density at radius 3 is 2.32 bits per heavy atom. The molecule has 0 spiro atoms. The van der Waals surface area contributed by atoms with E-state index in [1.54, 1.807) is 11.3 Å². The second kappa shape index (κ2) is 6.85. The smallest absolute Gasteiger partial charge is 0.113 e. The van der Waals surface area contributed by atoms with Gasteiger partial charge in [-0.25, -0.2) is 4.98 Å². The molecule has 3 heteroatoms. The maximum atomic E-state index is 4.88. The van der Waals surface area contributed by atoms with Gasteiger partial charge in [0.05, 0.1) is 11.2 Å². The van der Waals surface area contributed by atoms with E-state index in [0.717, 1.165) is 0 Å². The normalized spacial score (nSPS) is 15.5. The maximum Gasteiger partial charge on any atom is 0.113 e. The van der Waals surface area contributed by atoms with E-state index in [-0.39, 0.29) is 11.0 Å². The van der Waals surface area contributed by atoms with Crippen molar-refractivity contribution in [2.45, 2.75) is 77.7 Å². The molecular weight excluding hydrogens is 252 g/mol. The molecule has 0 aliphatic heterocycles. The second-order valence-corrected chi connectivity index (χ2v) is 7.54. The maximum absolute atomic E-state index is 4.88. The number of rotatable bonds is 7. The van der Waals surface area contributed by atoms with Crippen LogP contribution in [0.15, 0.2) is 5.38 Å². The third-order valence-corrected chi connectivity index (χ3v) is 4.93. The van der Waals surface area contributed by atoms with Crippen LogP contribution in [0.2, 0.25) is 0 Å². The molecule has 0 saturated heterocycles. The lowest BCUT2D eigenvalue weighted by Gasteiger charge is -2.27. The molecule has 1 rings (SSSR count). The van der Waals surface area contributed by atoms with Crippen molar-refractivity contribution in [2.75, 3.05) is 7.05 Å². The highest BCUT2D eigenvalue weighted by atomic mass is 32.1. The standard InChI is InChI=1S/C16H30N2S/c1-7-8-9-10-11-16(5,17-6)14-18-13(12-19-14)15(2,3)4/h12,17H,7-11H2,1-6H3. The van der Waals surface area contributed by atoms with Crippen molar-refractivity contribution in [2.24, 2.45) is 0 Å². The predicted molar refractivity (Wildman–Crippen MR) is 86.0 cm³/mol. The molecule has 0 saturated carbocycles. The van der Waals surface area contributed by atoms with Gasteiger partial charge in [-0.05, 0) is 20.4 Å². The zero-order chi connectivity index (χ0) is 14.5. The van der Waals surface area contributed by atoms with E-state index in [1.165, 1.54) is 42.8 Å². The lowest BCUT2D eigenvalue weighted by molar-refractivity contribution is 0.349. The fraction of sp³-hybridized carbons (Fsp3) is 0.812. The predicted octanol–water partition coefficient (Wildman–Crippen LogP) is 4.85. The summed E-state index contributed by atoms with van der Waals surface area (Å²) >= 11 is 1.80. The van der Waals surface area contributed by atoms with Gasteiger partial charge in [0.25, 0.3) is 0 Å². The summed E-state index contributed by atoms with van der Waals surface area (Å²) in [6, 6.07) is 0. The van der Waals surface area contributed by atoms with Crippen LogP contribution in [0.5, 0.6) is 0 Å². The lowest BCUT2D eigenvalue weighted by Crippen LogP contribution is -2.36. The SMILES string of the molecule is CCCCCCC(C)(NC)c1nc(C(C)(C)C)cs1. The fourth-order valence-electron chi connectivity index (χ4n) is 2.12. The molecule has 0 aromatic carbocycles. The van der Waals surface area contributed by atoms with Gasteiger partial charge in [-0.3, -0.25) is 0 Å². The average molecular weight is 282 g/mol. The van der Waals surface area contributed by atoms with E-state index in [1.807, 2.05) is 0 Å². The molecule has 0 amide bonds. The Balaban J connectivity index is 2.75. The van der Waals surface area contributed by atoms with E-state index in [2.05, 4.69) is 52.4 Å². The van der Waals surface area contributed by atoms with Crippen LogP contribution >= 0.6 is 11.3 Å². The molecule has 0 bridgehead atoms. The van der Waals surface area contributed by atoms with Crippen molar-refractivity contribution < 1.29 is 0 Å². The summed E-state index contributed by atoms with van der Waals surface area (Å²) in [6.07, 6.45) is 6.40. The number of unbranched alkanes of at least 4 members (excludes halogenated alkanes) is 3. The molecule has 0 aliphatic carbocycles. The molecule has 1 heterocycles. The Bertz CT molecular complexity index is 378. The highest BCUT2D eigenvalue weighted by Crippen LogP contribution is 2.32. The van der Waals surface area contributed by atoms with Crippen LogP contribution in [0.25, 0.3) is 0 Å². The molecule has 1 atom stereocenters. The first-order valence-corrected chi connectivity index (χ1v) is 8.37. The van der Waals surface area contributed by atoms with E-state index in [0.29, 0.717) is 0 Å². The van der Waals surface area contributed by atoms with Crippen molar-refractivity contribution >= 4 is 11.3 Å². The molecule has 1 aromatic rings. The number of nitrogens with zero attached hydrogens (tertiary/aromatic N) is 1. The quantitative estimate of drug-likeness (QED) is 0.723. The molecule has 110 valence electrons. The monoisotopic (exact) mass is 282 g/mol. The summed E-state index contributed by atoms with van der Waals surface area (Å²) in [5, 5.41) is 6.94. The Hall–Kier alpha value is -0.410. The van der Waals surface area contributed by atoms with Crippen LogP contribution in [0.1, 0.15) is 77.4 Å². The highest BCUT2D eigenvalue weighted by molar-refractivity contribution is 7.09. The van der Waals surface area contributed by atoms with Crippen LogP contribution in [-0.4, -0.2) is 12.0 Å². The number of thiazole rings is 1. The van der Waals surface area contributed by atoms with Crippen molar-refractivity contribution in [1.82, 2.24) is 10.3 Å². The first-order chi connectivity index (χ1) is 8.83. The first-order valence-electron chi connectivity index (χ1n) is 7.49. The number of hydrogen-bond acceptors (Lipinski definition) is 3. The van der Waals surface area contributed by atoms with Crippen LogP contribution < -0.4 is 5.32 Å². The van der Waals surface area contributed by atoms with E-state index in [4.69, 9.17) is 4.98 Å². The molecule has 1 unspecified atom stereocenters. The summed E-state index contributed by atoms with van der Waals surface area (Å²) in [5.41, 5.74) is 1.38. The molecule has 0 fully saturated rings. The topological polar surface area (TPSA) is 24.9 Å². The fourth-order valence-corrected chi connectivity index (χ4v) is 3.36. The summed E-state index contributed by atoms with van der Waals surface area (Å²) in [5.74, 6) is 0. The Morgan fingerprint density at radius 1 is 1.16 bits per heavy atom. The van der Waals surface area contributed by atoms with Crippen molar-refractivity contribution in [3.63, 3.8) is 0 Å². The van der Waals surface area contributed by atoms with Crippen LogP contribution in [0.3, 0.4) is 0 Å². The average Bonchev–Trinajstić information content (AvgIpc) is 2.84. The molecule has 2 nitrogen and oxygen atoms in total. The minimum absolute atomic E-state index is 0.0297. The van der Waals surface area contributed by atoms with Crippen molar-refractivity contribution in [3.8, 4) is 0 Å². The van der Waals surface area contributed by atoms with Gasteiger partial charge in [0.2, 0.25) is 0 Å². The van der Waals surface area contributed by atoms with Gasteiger partial charge in [0, 0.05) is 10.8 Å². The number of nitrogens with one attached hydrogen (secondary N) is 1. The van der Waals surface area contributed by atoms with Crippen molar-refractivity contribution in [1.29, 1.82) is 0 Å². The third-order valence-electron chi connectivity index (χ3n) is 3.83. The molecular formula is C16H30N2S. The van der Waals surface area contributed by atoms with Gasteiger partial charge in [0.1, 0.15) is 5.01 Å². The summed E-state index contributed by atoms with van der Waals surface area (Å²) in [7, 11) is 2.05. The van der Waals surface area contributed by atoms with Gasteiger partial charge in [-0.1, -0.05) is 53.4 Å². The molecule has 0 radical (unpaired) electrons. The zero-order valence-electron chi connectivity index (χ0n) is 13.5. The number of aromatic nitrogens is 1. The minimum atomic E-state index is 0.0297.